The van der Waals surface area contributed by atoms with Gasteiger partial charge in [-0.3, -0.25) is 0 Å². The Labute approximate surface area is 110 Å². The second-order valence-corrected chi connectivity index (χ2v) is 5.20. The lowest BCUT2D eigenvalue weighted by molar-refractivity contribution is 0.545. The van der Waals surface area contributed by atoms with E-state index in [-0.39, 0.29) is 0 Å². The topological polar surface area (TPSA) is 38.0 Å². The van der Waals surface area contributed by atoms with Crippen molar-refractivity contribution in [2.75, 3.05) is 11.9 Å². The molecule has 0 unspecified atom stereocenters. The Bertz CT molecular complexity index is 344. The highest BCUT2D eigenvalue weighted by Crippen LogP contribution is 2.11. The number of nitrogens with one attached hydrogen (secondary N) is 1. The molecule has 0 radical (unpaired) electrons. The van der Waals surface area contributed by atoms with Crippen LogP contribution in [-0.4, -0.2) is 11.5 Å². The monoisotopic (exact) mass is 250 g/mol. The lowest BCUT2D eigenvalue weighted by Crippen LogP contribution is -2.09. The maximum atomic E-state index is 5.54. The highest BCUT2D eigenvalue weighted by Gasteiger charge is 1.97. The molecule has 1 aromatic rings. The minimum absolute atomic E-state index is 0.452. The highest BCUT2D eigenvalue weighted by molar-refractivity contribution is 7.80. The first kappa shape index (κ1) is 14.0. The van der Waals surface area contributed by atoms with Crippen LogP contribution in [0, 0.1) is 5.92 Å². The zero-order valence-electron chi connectivity index (χ0n) is 10.7. The van der Waals surface area contributed by atoms with Gasteiger partial charge in [-0.25, -0.2) is 0 Å². The summed E-state index contributed by atoms with van der Waals surface area (Å²) in [5.41, 5.74) is 7.60. The largest absolute Gasteiger partial charge is 0.389 e. The van der Waals surface area contributed by atoms with Gasteiger partial charge in [0.15, 0.2) is 0 Å². The molecule has 1 rings (SSSR count). The SMILES string of the molecule is CC(C)CCCCNc1ccc(C(N)=S)cc1. The van der Waals surface area contributed by atoms with Crippen LogP contribution in [0.15, 0.2) is 24.3 Å². The molecule has 0 atom stereocenters. The smallest absolute Gasteiger partial charge is 0.103 e. The van der Waals surface area contributed by atoms with Crippen LogP contribution in [0.25, 0.3) is 0 Å². The van der Waals surface area contributed by atoms with Crippen LogP contribution in [0.4, 0.5) is 5.69 Å². The van der Waals surface area contributed by atoms with Crippen LogP contribution in [0.1, 0.15) is 38.7 Å². The van der Waals surface area contributed by atoms with E-state index in [2.05, 4.69) is 19.2 Å². The van der Waals surface area contributed by atoms with Crippen LogP contribution in [-0.2, 0) is 0 Å². The summed E-state index contributed by atoms with van der Waals surface area (Å²) in [7, 11) is 0. The number of nitrogens with two attached hydrogens (primary N) is 1. The third kappa shape index (κ3) is 5.68. The Kier molecular flexibility index (Phi) is 5.98. The molecule has 0 aliphatic carbocycles. The fraction of sp³-hybridized carbons (Fsp3) is 0.500. The third-order valence-electron chi connectivity index (χ3n) is 2.71. The van der Waals surface area contributed by atoms with Crippen molar-refractivity contribution in [3.8, 4) is 0 Å². The number of unbranched alkanes of at least 4 members (excludes halogenated alkanes) is 1. The van der Waals surface area contributed by atoms with Crippen molar-refractivity contribution in [1.82, 2.24) is 0 Å². The molecule has 3 N–H and O–H groups in total. The number of anilines is 1. The van der Waals surface area contributed by atoms with Crippen LogP contribution in [0.5, 0.6) is 0 Å². The van der Waals surface area contributed by atoms with Gasteiger partial charge in [0.1, 0.15) is 4.99 Å². The normalized spacial score (nSPS) is 10.5. The molecule has 0 aliphatic rings. The molecular weight excluding hydrogens is 228 g/mol. The van der Waals surface area contributed by atoms with E-state index in [0.29, 0.717) is 4.99 Å². The van der Waals surface area contributed by atoms with Crippen LogP contribution in [0.2, 0.25) is 0 Å². The molecule has 3 heteroatoms. The van der Waals surface area contributed by atoms with Crippen molar-refractivity contribution in [3.63, 3.8) is 0 Å². The Hall–Kier alpha value is -1.09. The summed E-state index contributed by atoms with van der Waals surface area (Å²) in [5, 5.41) is 3.40. The molecule has 0 heterocycles. The quantitative estimate of drug-likeness (QED) is 0.574. The standard InChI is InChI=1S/C14H22N2S/c1-11(2)5-3-4-10-16-13-8-6-12(7-9-13)14(15)17/h6-9,11,16H,3-5,10H2,1-2H3,(H2,15,17). The number of benzene rings is 1. The molecule has 0 bridgehead atoms. The average molecular weight is 250 g/mol. The van der Waals surface area contributed by atoms with Gasteiger partial charge in [0, 0.05) is 17.8 Å². The summed E-state index contributed by atoms with van der Waals surface area (Å²) >= 11 is 4.91. The summed E-state index contributed by atoms with van der Waals surface area (Å²) in [6, 6.07) is 7.96. The molecule has 94 valence electrons. The van der Waals surface area contributed by atoms with Crippen LogP contribution < -0.4 is 11.1 Å². The van der Waals surface area contributed by atoms with Crippen molar-refractivity contribution in [1.29, 1.82) is 0 Å². The maximum absolute atomic E-state index is 5.54. The van der Waals surface area contributed by atoms with E-state index in [0.717, 1.165) is 23.7 Å². The molecule has 2 nitrogen and oxygen atoms in total. The van der Waals surface area contributed by atoms with Crippen LogP contribution >= 0.6 is 12.2 Å². The van der Waals surface area contributed by atoms with Gasteiger partial charge in [-0.05, 0) is 36.6 Å². The Morgan fingerprint density at radius 1 is 1.24 bits per heavy atom. The van der Waals surface area contributed by atoms with E-state index < -0.39 is 0 Å². The summed E-state index contributed by atoms with van der Waals surface area (Å²) in [5.74, 6) is 0.805. The second kappa shape index (κ2) is 7.28. The predicted molar refractivity (Wildman–Crippen MR) is 79.5 cm³/mol. The molecule has 0 saturated carbocycles. The summed E-state index contributed by atoms with van der Waals surface area (Å²) in [4.78, 5) is 0.452. The molecule has 0 fully saturated rings. The molecule has 0 amide bonds. The van der Waals surface area contributed by atoms with Crippen LogP contribution in [0.3, 0.4) is 0 Å². The van der Waals surface area contributed by atoms with Crippen molar-refractivity contribution >= 4 is 22.9 Å². The second-order valence-electron chi connectivity index (χ2n) is 4.76. The zero-order valence-corrected chi connectivity index (χ0v) is 11.5. The van der Waals surface area contributed by atoms with Gasteiger partial charge < -0.3 is 11.1 Å². The van der Waals surface area contributed by atoms with Gasteiger partial charge in [0.25, 0.3) is 0 Å². The van der Waals surface area contributed by atoms with Gasteiger partial charge >= 0.3 is 0 Å². The zero-order chi connectivity index (χ0) is 12.7. The van der Waals surface area contributed by atoms with Crippen molar-refractivity contribution < 1.29 is 0 Å². The molecule has 0 aliphatic heterocycles. The van der Waals surface area contributed by atoms with Gasteiger partial charge in [-0.15, -0.1) is 0 Å². The average Bonchev–Trinajstić information content (AvgIpc) is 2.29. The first-order valence-corrected chi connectivity index (χ1v) is 6.64. The van der Waals surface area contributed by atoms with E-state index in [1.54, 1.807) is 0 Å². The lowest BCUT2D eigenvalue weighted by atomic mass is 10.1. The van der Waals surface area contributed by atoms with E-state index in [9.17, 15) is 0 Å². The van der Waals surface area contributed by atoms with Gasteiger partial charge in [0.05, 0.1) is 0 Å². The Morgan fingerprint density at radius 2 is 1.88 bits per heavy atom. The van der Waals surface area contributed by atoms with E-state index >= 15 is 0 Å². The maximum Gasteiger partial charge on any atom is 0.103 e. The van der Waals surface area contributed by atoms with E-state index in [4.69, 9.17) is 18.0 Å². The van der Waals surface area contributed by atoms with Gasteiger partial charge in [0.2, 0.25) is 0 Å². The molecule has 1 aromatic carbocycles. The number of hydrogen-bond acceptors (Lipinski definition) is 2. The minimum Gasteiger partial charge on any atom is -0.389 e. The van der Waals surface area contributed by atoms with E-state index in [1.165, 1.54) is 19.3 Å². The molecular formula is C14H22N2S. The fourth-order valence-corrected chi connectivity index (χ4v) is 1.80. The number of rotatable bonds is 7. The summed E-state index contributed by atoms with van der Waals surface area (Å²) < 4.78 is 0. The molecule has 0 spiro atoms. The summed E-state index contributed by atoms with van der Waals surface area (Å²) in [6.45, 7) is 5.56. The Morgan fingerprint density at radius 3 is 2.41 bits per heavy atom. The van der Waals surface area contributed by atoms with Crippen molar-refractivity contribution in [2.24, 2.45) is 11.7 Å². The molecule has 0 saturated heterocycles. The fourth-order valence-electron chi connectivity index (χ4n) is 1.66. The predicted octanol–water partition coefficient (Wildman–Crippen LogP) is 3.56. The Balaban J connectivity index is 2.25. The van der Waals surface area contributed by atoms with Crippen molar-refractivity contribution in [2.45, 2.75) is 33.1 Å². The first-order valence-electron chi connectivity index (χ1n) is 6.23. The van der Waals surface area contributed by atoms with Crippen molar-refractivity contribution in [3.05, 3.63) is 29.8 Å². The molecule has 0 aromatic heterocycles. The van der Waals surface area contributed by atoms with Gasteiger partial charge in [-0.1, -0.05) is 38.9 Å². The minimum atomic E-state index is 0.452. The number of hydrogen-bond donors (Lipinski definition) is 2. The third-order valence-corrected chi connectivity index (χ3v) is 2.94. The first-order chi connectivity index (χ1) is 8.09. The summed E-state index contributed by atoms with van der Waals surface area (Å²) in [6.07, 6.45) is 3.81. The number of thiocarbonyl (C=S) groups is 1. The lowest BCUT2D eigenvalue weighted by Gasteiger charge is -2.08. The van der Waals surface area contributed by atoms with E-state index in [1.807, 2.05) is 24.3 Å². The molecule has 17 heavy (non-hydrogen) atoms. The highest BCUT2D eigenvalue weighted by atomic mass is 32.1. The van der Waals surface area contributed by atoms with Gasteiger partial charge in [-0.2, -0.15) is 0 Å².